The lowest BCUT2D eigenvalue weighted by atomic mass is 9.87. The molecule has 2 fully saturated rings. The molecule has 6 nitrogen and oxygen atoms in total. The van der Waals surface area contributed by atoms with Crippen molar-refractivity contribution in [2.75, 3.05) is 9.80 Å². The number of aryl methyl sites for hydroxylation is 4. The van der Waals surface area contributed by atoms with Crippen molar-refractivity contribution in [3.8, 4) is 0 Å². The molecule has 3 N–H and O–H groups in total. The molecule has 8 heteroatoms. The molecule has 5 aromatic carbocycles. The van der Waals surface area contributed by atoms with Crippen LogP contribution in [0.4, 0.5) is 31.5 Å². The van der Waals surface area contributed by atoms with Gasteiger partial charge in [-0.1, -0.05) is 66.7 Å². The number of benzene rings is 5. The Bertz CT molecular complexity index is 2080. The van der Waals surface area contributed by atoms with Crippen molar-refractivity contribution in [1.82, 2.24) is 0 Å². The second kappa shape index (κ2) is 16.6. The van der Waals surface area contributed by atoms with Crippen molar-refractivity contribution < 1.29 is 28.8 Å². The van der Waals surface area contributed by atoms with Gasteiger partial charge in [0.05, 0.1) is 30.9 Å². The molecular weight excluding hydrogens is 695 g/mol. The molecule has 286 valence electrons. The molecule has 9 rings (SSSR count). The van der Waals surface area contributed by atoms with Crippen LogP contribution in [0, 0.1) is 11.6 Å². The summed E-state index contributed by atoms with van der Waals surface area (Å²) in [7, 11) is 0. The zero-order valence-corrected chi connectivity index (χ0v) is 31.1. The third-order valence-electron chi connectivity index (χ3n) is 12.0. The van der Waals surface area contributed by atoms with Crippen LogP contribution in [0.2, 0.25) is 0 Å². The molecule has 0 spiro atoms. The maximum absolute atomic E-state index is 14.0. The zero-order chi connectivity index (χ0) is 37.9. The van der Waals surface area contributed by atoms with Gasteiger partial charge in [0.15, 0.2) is 0 Å². The summed E-state index contributed by atoms with van der Waals surface area (Å²) in [5, 5.41) is 32.2. The minimum absolute atomic E-state index is 0.113. The number of para-hydroxylation sites is 2. The number of fused-ring (bicyclic) bond motifs is 4. The third kappa shape index (κ3) is 7.92. The van der Waals surface area contributed by atoms with E-state index in [-0.39, 0.29) is 29.8 Å². The predicted octanol–water partition coefficient (Wildman–Crippen LogP) is 8.90. The molecule has 0 saturated heterocycles. The van der Waals surface area contributed by atoms with Gasteiger partial charge in [0.2, 0.25) is 0 Å². The average molecular weight is 745 g/mol. The summed E-state index contributed by atoms with van der Waals surface area (Å²) in [6.07, 6.45) is 5.91. The van der Waals surface area contributed by atoms with Crippen LogP contribution < -0.4 is 9.80 Å². The van der Waals surface area contributed by atoms with Crippen LogP contribution >= 0.6 is 0 Å². The van der Waals surface area contributed by atoms with Gasteiger partial charge in [-0.25, -0.2) is 8.78 Å². The van der Waals surface area contributed by atoms with Gasteiger partial charge in [-0.15, -0.1) is 0 Å². The summed E-state index contributed by atoms with van der Waals surface area (Å²) in [4.78, 5) is 4.38. The van der Waals surface area contributed by atoms with E-state index in [1.165, 1.54) is 23.3 Å². The van der Waals surface area contributed by atoms with Gasteiger partial charge < -0.3 is 29.9 Å². The molecule has 0 radical (unpaired) electrons. The van der Waals surface area contributed by atoms with Crippen LogP contribution in [0.15, 0.2) is 115 Å². The van der Waals surface area contributed by atoms with Gasteiger partial charge in [0, 0.05) is 22.7 Å². The Morgan fingerprint density at radius 2 is 0.982 bits per heavy atom. The highest BCUT2D eigenvalue weighted by atomic mass is 19.1. The summed E-state index contributed by atoms with van der Waals surface area (Å²) >= 11 is 0. The smallest absolute Gasteiger partial charge is 0.123 e. The maximum Gasteiger partial charge on any atom is 0.123 e. The van der Waals surface area contributed by atoms with Crippen LogP contribution in [-0.4, -0.2) is 51.8 Å². The van der Waals surface area contributed by atoms with Gasteiger partial charge >= 0.3 is 0 Å². The number of aliphatic hydroxyl groups excluding tert-OH is 3. The van der Waals surface area contributed by atoms with Crippen molar-refractivity contribution in [2.45, 2.75) is 107 Å². The first kappa shape index (κ1) is 37.3. The Balaban J connectivity index is 0.000000160. The second-order valence-corrected chi connectivity index (χ2v) is 15.4. The normalized spacial score (nSPS) is 24.5. The van der Waals surface area contributed by atoms with Crippen LogP contribution in [0.25, 0.3) is 0 Å². The van der Waals surface area contributed by atoms with E-state index in [1.54, 1.807) is 18.2 Å². The zero-order valence-electron chi connectivity index (χ0n) is 31.1. The van der Waals surface area contributed by atoms with Crippen LogP contribution in [0.1, 0.15) is 66.3 Å². The standard InChI is InChI=1S/C27H28FNO2.C20H22FNO2/c28-22-15-16-24-21(17-22)14-13-20-9-4-5-10-23(20)29(24)25-11-6-12-26(27(25)30)31-18-19-7-2-1-3-8-19;21-15-10-11-17-14(12-15)9-8-13-4-1-2-5-16(13)22(17)18-6-3-7-19(23)20(18)24/h1-5,7-10,15-17,25-27,30H,6,11-14,18H2;1-2,4-5,10-12,18-20,23-24H,3,6-9H2/t;18-,19-,20+/m.1/s1. The van der Waals surface area contributed by atoms with Gasteiger partial charge in [0.25, 0.3) is 0 Å². The van der Waals surface area contributed by atoms with E-state index in [1.807, 2.05) is 54.6 Å². The number of nitrogens with zero attached hydrogens (tertiary/aromatic N) is 2. The fourth-order valence-corrected chi connectivity index (χ4v) is 9.18. The highest BCUT2D eigenvalue weighted by Gasteiger charge is 2.40. The lowest BCUT2D eigenvalue weighted by Gasteiger charge is -2.43. The highest BCUT2D eigenvalue weighted by molar-refractivity contribution is 5.73. The molecule has 0 amide bonds. The first-order chi connectivity index (χ1) is 26.9. The molecule has 0 bridgehead atoms. The molecule has 55 heavy (non-hydrogen) atoms. The second-order valence-electron chi connectivity index (χ2n) is 15.4. The van der Waals surface area contributed by atoms with Gasteiger partial charge in [-0.05, 0) is 141 Å². The van der Waals surface area contributed by atoms with E-state index in [4.69, 9.17) is 4.74 Å². The fourth-order valence-electron chi connectivity index (χ4n) is 9.18. The molecular formula is C47H50F2N2O4. The summed E-state index contributed by atoms with van der Waals surface area (Å²) < 4.78 is 34.0. The number of ether oxygens (including phenoxy) is 1. The first-order valence-corrected chi connectivity index (χ1v) is 19.9. The summed E-state index contributed by atoms with van der Waals surface area (Å²) in [5.74, 6) is -0.443. The SMILES string of the molecule is OC1C(OCc2ccccc2)CCCC1N1c2ccccc2CCc2cc(F)ccc21.O[C@@H]1[C@H](O)CCC[C@H]1N1c2ccccc2CCc2cc(F)ccc21. The average Bonchev–Trinajstić information content (AvgIpc) is 3.47. The maximum atomic E-state index is 14.0. The Morgan fingerprint density at radius 1 is 0.509 bits per heavy atom. The van der Waals surface area contributed by atoms with E-state index in [2.05, 4.69) is 40.1 Å². The fraction of sp³-hybridized carbons (Fsp3) is 0.362. The number of anilines is 4. The van der Waals surface area contributed by atoms with Crippen molar-refractivity contribution in [1.29, 1.82) is 0 Å². The molecule has 6 atom stereocenters. The van der Waals surface area contributed by atoms with Gasteiger partial charge in [-0.3, -0.25) is 0 Å². The summed E-state index contributed by atoms with van der Waals surface area (Å²) in [6, 6.07) is 36.2. The third-order valence-corrected chi connectivity index (χ3v) is 12.0. The van der Waals surface area contributed by atoms with Crippen molar-refractivity contribution in [3.63, 3.8) is 0 Å². The largest absolute Gasteiger partial charge is 0.390 e. The Morgan fingerprint density at radius 3 is 1.56 bits per heavy atom. The van der Waals surface area contributed by atoms with E-state index in [9.17, 15) is 24.1 Å². The summed E-state index contributed by atoms with van der Waals surface area (Å²) in [6.45, 7) is 0.494. The topological polar surface area (TPSA) is 76.4 Å². The quantitative estimate of drug-likeness (QED) is 0.167. The molecule has 2 aliphatic heterocycles. The molecule has 4 aliphatic rings. The number of halogens is 2. The van der Waals surface area contributed by atoms with E-state index in [0.717, 1.165) is 97.2 Å². The number of hydrogen-bond acceptors (Lipinski definition) is 6. The molecule has 2 heterocycles. The summed E-state index contributed by atoms with van der Waals surface area (Å²) in [5.41, 5.74) is 9.60. The van der Waals surface area contributed by atoms with Gasteiger partial charge in [-0.2, -0.15) is 0 Å². The molecule has 3 unspecified atom stereocenters. The minimum atomic E-state index is -0.803. The van der Waals surface area contributed by atoms with E-state index >= 15 is 0 Å². The monoisotopic (exact) mass is 744 g/mol. The molecule has 5 aromatic rings. The molecule has 2 aliphatic carbocycles. The number of hydrogen-bond donors (Lipinski definition) is 3. The van der Waals surface area contributed by atoms with Crippen LogP contribution in [-0.2, 0) is 37.0 Å². The highest BCUT2D eigenvalue weighted by Crippen LogP contribution is 2.43. The van der Waals surface area contributed by atoms with Crippen LogP contribution in [0.5, 0.6) is 0 Å². The van der Waals surface area contributed by atoms with E-state index in [0.29, 0.717) is 13.0 Å². The minimum Gasteiger partial charge on any atom is -0.390 e. The first-order valence-electron chi connectivity index (χ1n) is 19.9. The predicted molar refractivity (Wildman–Crippen MR) is 213 cm³/mol. The van der Waals surface area contributed by atoms with Gasteiger partial charge in [0.1, 0.15) is 23.8 Å². The molecule has 0 aromatic heterocycles. The van der Waals surface area contributed by atoms with Crippen molar-refractivity contribution >= 4 is 22.7 Å². The van der Waals surface area contributed by atoms with Crippen molar-refractivity contribution in [2.24, 2.45) is 0 Å². The number of aliphatic hydroxyl groups is 3. The van der Waals surface area contributed by atoms with E-state index < -0.39 is 18.3 Å². The Kier molecular flexibility index (Phi) is 11.3. The molecule has 2 saturated carbocycles. The number of rotatable bonds is 5. The lowest BCUT2D eigenvalue weighted by Crippen LogP contribution is -2.50. The van der Waals surface area contributed by atoms with Crippen LogP contribution in [0.3, 0.4) is 0 Å². The van der Waals surface area contributed by atoms with Crippen molar-refractivity contribution in [3.05, 3.63) is 155 Å². The Hall–Kier alpha value is -4.60. The Labute approximate surface area is 322 Å². The lowest BCUT2D eigenvalue weighted by molar-refractivity contribution is -0.0739.